The molecule has 0 radical (unpaired) electrons. The van der Waals surface area contributed by atoms with Crippen LogP contribution in [-0.4, -0.2) is 34.5 Å². The minimum absolute atomic E-state index is 0.239. The monoisotopic (exact) mass is 226 g/mol. The van der Waals surface area contributed by atoms with E-state index in [0.717, 1.165) is 25.2 Å². The van der Waals surface area contributed by atoms with Crippen LogP contribution < -0.4 is 0 Å². The van der Waals surface area contributed by atoms with Gasteiger partial charge in [-0.3, -0.25) is 9.88 Å². The van der Waals surface area contributed by atoms with Crippen LogP contribution in [0.2, 0.25) is 0 Å². The number of pyridine rings is 1. The quantitative estimate of drug-likeness (QED) is 0.769. The first-order chi connectivity index (χ1) is 7.34. The standard InChI is InChI=1S/C11H15FN2S/c12-11-6-10(7-13-8-11)9-14-2-1-4-15-5-3-14/h6-8H,1-5,9H2. The Morgan fingerprint density at radius 3 is 3.13 bits per heavy atom. The highest BCUT2D eigenvalue weighted by molar-refractivity contribution is 7.99. The van der Waals surface area contributed by atoms with Gasteiger partial charge in [-0.05, 0) is 30.3 Å². The summed E-state index contributed by atoms with van der Waals surface area (Å²) in [5.41, 5.74) is 0.974. The van der Waals surface area contributed by atoms with E-state index in [2.05, 4.69) is 9.88 Å². The molecule has 0 atom stereocenters. The number of halogens is 1. The first-order valence-corrected chi connectivity index (χ1v) is 6.39. The van der Waals surface area contributed by atoms with Crippen molar-refractivity contribution in [2.75, 3.05) is 24.6 Å². The molecule has 0 unspecified atom stereocenters. The van der Waals surface area contributed by atoms with E-state index in [4.69, 9.17) is 0 Å². The zero-order valence-electron chi connectivity index (χ0n) is 8.66. The molecular formula is C11H15FN2S. The van der Waals surface area contributed by atoms with Crippen LogP contribution in [0.25, 0.3) is 0 Å². The van der Waals surface area contributed by atoms with Gasteiger partial charge in [0.1, 0.15) is 5.82 Å². The molecule has 4 heteroatoms. The second kappa shape index (κ2) is 5.47. The summed E-state index contributed by atoms with van der Waals surface area (Å²) < 4.78 is 12.9. The Morgan fingerprint density at radius 2 is 2.27 bits per heavy atom. The number of hydrogen-bond acceptors (Lipinski definition) is 3. The Morgan fingerprint density at radius 1 is 1.33 bits per heavy atom. The molecular weight excluding hydrogens is 211 g/mol. The normalized spacial score (nSPS) is 18.7. The molecule has 2 rings (SSSR count). The highest BCUT2D eigenvalue weighted by Gasteiger charge is 2.09. The minimum Gasteiger partial charge on any atom is -0.298 e. The highest BCUT2D eigenvalue weighted by Crippen LogP contribution is 2.13. The largest absolute Gasteiger partial charge is 0.298 e. The van der Waals surface area contributed by atoms with Gasteiger partial charge in [0.15, 0.2) is 0 Å². The third-order valence-electron chi connectivity index (χ3n) is 2.48. The number of nitrogens with zero attached hydrogens (tertiary/aromatic N) is 2. The molecule has 0 saturated carbocycles. The molecule has 1 fully saturated rings. The van der Waals surface area contributed by atoms with Crippen LogP contribution in [-0.2, 0) is 6.54 Å². The summed E-state index contributed by atoms with van der Waals surface area (Å²) in [6, 6.07) is 1.57. The first-order valence-electron chi connectivity index (χ1n) is 5.24. The molecule has 0 bridgehead atoms. The van der Waals surface area contributed by atoms with Crippen LogP contribution in [0.4, 0.5) is 4.39 Å². The summed E-state index contributed by atoms with van der Waals surface area (Å²) in [5, 5.41) is 0. The Balaban J connectivity index is 1.95. The van der Waals surface area contributed by atoms with Crippen molar-refractivity contribution < 1.29 is 4.39 Å². The van der Waals surface area contributed by atoms with Gasteiger partial charge >= 0.3 is 0 Å². The fraction of sp³-hybridized carbons (Fsp3) is 0.545. The van der Waals surface area contributed by atoms with Gasteiger partial charge in [-0.25, -0.2) is 4.39 Å². The van der Waals surface area contributed by atoms with Gasteiger partial charge < -0.3 is 0 Å². The van der Waals surface area contributed by atoms with Crippen LogP contribution >= 0.6 is 11.8 Å². The fourth-order valence-corrected chi connectivity index (χ4v) is 2.68. The molecule has 0 amide bonds. The fourth-order valence-electron chi connectivity index (χ4n) is 1.76. The van der Waals surface area contributed by atoms with E-state index in [1.54, 1.807) is 12.3 Å². The molecule has 0 spiro atoms. The summed E-state index contributed by atoms with van der Waals surface area (Å²) >= 11 is 2.00. The number of thioether (sulfide) groups is 1. The van der Waals surface area contributed by atoms with Crippen molar-refractivity contribution >= 4 is 11.8 Å². The van der Waals surface area contributed by atoms with Crippen molar-refractivity contribution in [2.24, 2.45) is 0 Å². The van der Waals surface area contributed by atoms with Crippen LogP contribution in [0, 0.1) is 5.82 Å². The van der Waals surface area contributed by atoms with Gasteiger partial charge in [0.25, 0.3) is 0 Å². The minimum atomic E-state index is -0.239. The second-order valence-corrected chi connectivity index (χ2v) is 4.98. The van der Waals surface area contributed by atoms with Crippen molar-refractivity contribution in [3.63, 3.8) is 0 Å². The molecule has 15 heavy (non-hydrogen) atoms. The average Bonchev–Trinajstić information content (AvgIpc) is 2.46. The Kier molecular flexibility index (Phi) is 3.97. The topological polar surface area (TPSA) is 16.1 Å². The summed E-state index contributed by atoms with van der Waals surface area (Å²) in [6.07, 6.45) is 4.23. The zero-order chi connectivity index (χ0) is 10.5. The van der Waals surface area contributed by atoms with E-state index in [-0.39, 0.29) is 5.82 Å². The number of rotatable bonds is 2. The smallest absolute Gasteiger partial charge is 0.141 e. The lowest BCUT2D eigenvalue weighted by molar-refractivity contribution is 0.287. The van der Waals surface area contributed by atoms with Crippen molar-refractivity contribution in [1.82, 2.24) is 9.88 Å². The molecule has 1 aromatic heterocycles. The highest BCUT2D eigenvalue weighted by atomic mass is 32.2. The molecule has 2 heterocycles. The Labute approximate surface area is 93.9 Å². The molecule has 1 aliphatic rings. The second-order valence-electron chi connectivity index (χ2n) is 3.75. The van der Waals surface area contributed by atoms with E-state index in [1.165, 1.54) is 24.1 Å². The molecule has 1 aromatic rings. The first kappa shape index (κ1) is 10.9. The zero-order valence-corrected chi connectivity index (χ0v) is 9.47. The van der Waals surface area contributed by atoms with Crippen molar-refractivity contribution in [1.29, 1.82) is 0 Å². The van der Waals surface area contributed by atoms with Gasteiger partial charge in [-0.15, -0.1) is 0 Å². The van der Waals surface area contributed by atoms with Crippen LogP contribution in [0.3, 0.4) is 0 Å². The lowest BCUT2D eigenvalue weighted by Gasteiger charge is -2.18. The van der Waals surface area contributed by atoms with E-state index in [1.807, 2.05) is 11.8 Å². The third kappa shape index (κ3) is 3.47. The lowest BCUT2D eigenvalue weighted by Crippen LogP contribution is -2.25. The Hall–Kier alpha value is -0.610. The van der Waals surface area contributed by atoms with Crippen molar-refractivity contribution in [2.45, 2.75) is 13.0 Å². The third-order valence-corrected chi connectivity index (χ3v) is 3.53. The molecule has 0 aromatic carbocycles. The summed E-state index contributed by atoms with van der Waals surface area (Å²) in [5.74, 6) is 2.19. The summed E-state index contributed by atoms with van der Waals surface area (Å²) in [6.45, 7) is 3.04. The van der Waals surface area contributed by atoms with Gasteiger partial charge in [0.05, 0.1) is 6.20 Å². The van der Waals surface area contributed by atoms with E-state index in [9.17, 15) is 4.39 Å². The maximum Gasteiger partial charge on any atom is 0.141 e. The SMILES string of the molecule is Fc1cncc(CN2CCCSCC2)c1. The van der Waals surface area contributed by atoms with Crippen molar-refractivity contribution in [3.8, 4) is 0 Å². The molecule has 1 aliphatic heterocycles. The number of hydrogen-bond donors (Lipinski definition) is 0. The maximum absolute atomic E-state index is 12.9. The lowest BCUT2D eigenvalue weighted by atomic mass is 10.2. The molecule has 1 saturated heterocycles. The maximum atomic E-state index is 12.9. The predicted molar refractivity (Wildman–Crippen MR) is 61.4 cm³/mol. The van der Waals surface area contributed by atoms with Gasteiger partial charge in [0.2, 0.25) is 0 Å². The number of aromatic nitrogens is 1. The summed E-state index contributed by atoms with van der Waals surface area (Å²) in [4.78, 5) is 6.24. The predicted octanol–water partition coefficient (Wildman–Crippen LogP) is 2.16. The van der Waals surface area contributed by atoms with Gasteiger partial charge in [0, 0.05) is 25.0 Å². The molecule has 0 N–H and O–H groups in total. The van der Waals surface area contributed by atoms with Gasteiger partial charge in [-0.2, -0.15) is 11.8 Å². The van der Waals surface area contributed by atoms with E-state index in [0.29, 0.717) is 0 Å². The van der Waals surface area contributed by atoms with Crippen LogP contribution in [0.1, 0.15) is 12.0 Å². The van der Waals surface area contributed by atoms with E-state index >= 15 is 0 Å². The molecule has 82 valence electrons. The molecule has 2 nitrogen and oxygen atoms in total. The van der Waals surface area contributed by atoms with Crippen LogP contribution in [0.15, 0.2) is 18.5 Å². The van der Waals surface area contributed by atoms with E-state index < -0.39 is 0 Å². The van der Waals surface area contributed by atoms with Crippen LogP contribution in [0.5, 0.6) is 0 Å². The average molecular weight is 226 g/mol. The van der Waals surface area contributed by atoms with Gasteiger partial charge in [-0.1, -0.05) is 0 Å². The van der Waals surface area contributed by atoms with Crippen molar-refractivity contribution in [3.05, 3.63) is 29.8 Å². The Bertz CT molecular complexity index is 311. The summed E-state index contributed by atoms with van der Waals surface area (Å²) in [7, 11) is 0. The molecule has 0 aliphatic carbocycles.